The van der Waals surface area contributed by atoms with Crippen LogP contribution in [-0.2, 0) is 26.8 Å². The Bertz CT molecular complexity index is 1150. The van der Waals surface area contributed by atoms with E-state index in [4.69, 9.17) is 4.98 Å². The number of carbonyl (C=O) groups excluding carboxylic acids is 1. The Morgan fingerprint density at radius 2 is 1.77 bits per heavy atom. The van der Waals surface area contributed by atoms with Gasteiger partial charge in [-0.3, -0.25) is 9.52 Å². The highest BCUT2D eigenvalue weighted by Crippen LogP contribution is 2.28. The second-order valence-electron chi connectivity index (χ2n) is 10.4. The summed E-state index contributed by atoms with van der Waals surface area (Å²) in [6.45, 7) is 10.3. The topological polar surface area (TPSA) is 91.4 Å². The summed E-state index contributed by atoms with van der Waals surface area (Å²) in [5.41, 5.74) is 2.21. The molecule has 0 bridgehead atoms. The van der Waals surface area contributed by atoms with E-state index >= 15 is 0 Å². The predicted molar refractivity (Wildman–Crippen MR) is 139 cm³/mol. The van der Waals surface area contributed by atoms with Crippen LogP contribution in [0.3, 0.4) is 0 Å². The third-order valence-electron chi connectivity index (χ3n) is 6.26. The lowest BCUT2D eigenvalue weighted by Crippen LogP contribution is -2.31. The average Bonchev–Trinajstić information content (AvgIpc) is 3.06. The molecule has 7 nitrogen and oxygen atoms in total. The molecule has 1 aliphatic rings. The SMILES string of the molecule is CC(C(=O)NCc1ccc(C(C)(C)C)nc1N1CCCCCC1)c1ccc(NS(C)(=O)=O)c(F)c1. The van der Waals surface area contributed by atoms with Gasteiger partial charge in [0.2, 0.25) is 15.9 Å². The van der Waals surface area contributed by atoms with E-state index in [-0.39, 0.29) is 17.0 Å². The maximum Gasteiger partial charge on any atom is 0.229 e. The lowest BCUT2D eigenvalue weighted by atomic mass is 9.91. The summed E-state index contributed by atoms with van der Waals surface area (Å²) >= 11 is 0. The number of aromatic nitrogens is 1. The van der Waals surface area contributed by atoms with Crippen molar-refractivity contribution in [1.82, 2.24) is 10.3 Å². The van der Waals surface area contributed by atoms with Gasteiger partial charge in [0.25, 0.3) is 0 Å². The van der Waals surface area contributed by atoms with Crippen molar-refractivity contribution in [1.29, 1.82) is 0 Å². The smallest absolute Gasteiger partial charge is 0.229 e. The van der Waals surface area contributed by atoms with Crippen molar-refractivity contribution in [3.63, 3.8) is 0 Å². The summed E-state index contributed by atoms with van der Waals surface area (Å²) in [4.78, 5) is 20.3. The molecule has 1 atom stereocenters. The summed E-state index contributed by atoms with van der Waals surface area (Å²) in [6, 6.07) is 8.16. The van der Waals surface area contributed by atoms with Gasteiger partial charge in [-0.25, -0.2) is 17.8 Å². The second kappa shape index (κ2) is 10.9. The van der Waals surface area contributed by atoms with Gasteiger partial charge in [0.05, 0.1) is 17.9 Å². The number of halogens is 1. The number of amides is 1. The van der Waals surface area contributed by atoms with Gasteiger partial charge in [0.1, 0.15) is 11.6 Å². The molecule has 0 aliphatic carbocycles. The van der Waals surface area contributed by atoms with Crippen molar-refractivity contribution >= 4 is 27.4 Å². The lowest BCUT2D eigenvalue weighted by molar-refractivity contribution is -0.122. The Morgan fingerprint density at radius 1 is 1.11 bits per heavy atom. The van der Waals surface area contributed by atoms with Crippen LogP contribution in [0.1, 0.15) is 76.1 Å². The summed E-state index contributed by atoms with van der Waals surface area (Å²) in [5, 5.41) is 2.98. The van der Waals surface area contributed by atoms with Gasteiger partial charge in [-0.1, -0.05) is 45.7 Å². The van der Waals surface area contributed by atoms with Gasteiger partial charge in [0.15, 0.2) is 0 Å². The zero-order chi connectivity index (χ0) is 25.8. The van der Waals surface area contributed by atoms with Crippen molar-refractivity contribution in [2.45, 2.75) is 71.3 Å². The molecule has 2 heterocycles. The van der Waals surface area contributed by atoms with E-state index in [1.165, 1.54) is 25.0 Å². The van der Waals surface area contributed by atoms with Crippen molar-refractivity contribution in [2.75, 3.05) is 29.0 Å². The van der Waals surface area contributed by atoms with Crippen molar-refractivity contribution < 1.29 is 17.6 Å². The summed E-state index contributed by atoms with van der Waals surface area (Å²) in [6.07, 6.45) is 5.64. The Morgan fingerprint density at radius 3 is 2.34 bits per heavy atom. The molecule has 1 amide bonds. The quantitative estimate of drug-likeness (QED) is 0.571. The van der Waals surface area contributed by atoms with Gasteiger partial charge >= 0.3 is 0 Å². The van der Waals surface area contributed by atoms with Crippen LogP contribution in [0.5, 0.6) is 0 Å². The van der Waals surface area contributed by atoms with Crippen LogP contribution in [0.4, 0.5) is 15.9 Å². The maximum atomic E-state index is 14.4. The van der Waals surface area contributed by atoms with Crippen LogP contribution in [0.2, 0.25) is 0 Å². The molecule has 1 aromatic heterocycles. The third-order valence-corrected chi connectivity index (χ3v) is 6.86. The van der Waals surface area contributed by atoms with E-state index in [2.05, 4.69) is 35.7 Å². The van der Waals surface area contributed by atoms with E-state index in [9.17, 15) is 17.6 Å². The molecule has 0 radical (unpaired) electrons. The number of pyridine rings is 1. The van der Waals surface area contributed by atoms with Crippen LogP contribution in [0.15, 0.2) is 30.3 Å². The first-order valence-corrected chi connectivity index (χ1v) is 14.0. The first-order valence-electron chi connectivity index (χ1n) is 12.2. The largest absolute Gasteiger partial charge is 0.356 e. The second-order valence-corrected chi connectivity index (χ2v) is 12.1. The Balaban J connectivity index is 1.76. The van der Waals surface area contributed by atoms with Crippen molar-refractivity contribution in [3.8, 4) is 0 Å². The van der Waals surface area contributed by atoms with E-state index in [0.717, 1.165) is 49.3 Å². The minimum atomic E-state index is -3.60. The minimum Gasteiger partial charge on any atom is -0.356 e. The van der Waals surface area contributed by atoms with Gasteiger partial charge < -0.3 is 10.2 Å². The first kappa shape index (κ1) is 26.9. The van der Waals surface area contributed by atoms with Crippen LogP contribution >= 0.6 is 0 Å². The monoisotopic (exact) mass is 504 g/mol. The van der Waals surface area contributed by atoms with Gasteiger partial charge in [-0.2, -0.15) is 0 Å². The highest BCUT2D eigenvalue weighted by molar-refractivity contribution is 7.92. The summed E-state index contributed by atoms with van der Waals surface area (Å²) in [5.74, 6) is -0.650. The van der Waals surface area contributed by atoms with Crippen LogP contribution in [-0.4, -0.2) is 38.7 Å². The number of nitrogens with one attached hydrogen (secondary N) is 2. The number of benzene rings is 1. The summed E-state index contributed by atoms with van der Waals surface area (Å²) < 4.78 is 39.3. The molecule has 2 N–H and O–H groups in total. The molecule has 3 rings (SSSR count). The number of nitrogens with zero attached hydrogens (tertiary/aromatic N) is 2. The fourth-order valence-corrected chi connectivity index (χ4v) is 4.72. The third kappa shape index (κ3) is 7.40. The number of hydrogen-bond donors (Lipinski definition) is 2. The molecule has 1 aliphatic heterocycles. The number of carbonyl (C=O) groups is 1. The van der Waals surface area contributed by atoms with Crippen LogP contribution < -0.4 is 14.9 Å². The maximum absolute atomic E-state index is 14.4. The molecule has 2 aromatic rings. The zero-order valence-corrected chi connectivity index (χ0v) is 22.1. The summed E-state index contributed by atoms with van der Waals surface area (Å²) in [7, 11) is -3.60. The van der Waals surface area contributed by atoms with Gasteiger partial charge in [-0.15, -0.1) is 0 Å². The van der Waals surface area contributed by atoms with Crippen molar-refractivity contribution in [3.05, 3.63) is 53.0 Å². The number of rotatable bonds is 7. The lowest BCUT2D eigenvalue weighted by Gasteiger charge is -2.27. The van der Waals surface area contributed by atoms with Crippen LogP contribution in [0, 0.1) is 5.82 Å². The molecule has 1 aromatic carbocycles. The molecular formula is C26H37FN4O3S. The minimum absolute atomic E-state index is 0.0842. The Hall–Kier alpha value is -2.68. The molecule has 35 heavy (non-hydrogen) atoms. The molecule has 0 spiro atoms. The number of hydrogen-bond acceptors (Lipinski definition) is 5. The molecule has 1 fully saturated rings. The normalized spacial score (nSPS) is 15.9. The van der Waals surface area contributed by atoms with E-state index in [1.54, 1.807) is 13.0 Å². The van der Waals surface area contributed by atoms with Gasteiger partial charge in [0, 0.05) is 36.3 Å². The Labute approximate surface area is 208 Å². The molecule has 9 heteroatoms. The molecule has 192 valence electrons. The van der Waals surface area contributed by atoms with E-state index in [1.807, 2.05) is 12.1 Å². The fourth-order valence-electron chi connectivity index (χ4n) is 4.16. The van der Waals surface area contributed by atoms with E-state index in [0.29, 0.717) is 12.1 Å². The molecule has 1 unspecified atom stereocenters. The van der Waals surface area contributed by atoms with Crippen LogP contribution in [0.25, 0.3) is 0 Å². The Kier molecular flexibility index (Phi) is 8.41. The highest BCUT2D eigenvalue weighted by Gasteiger charge is 2.23. The zero-order valence-electron chi connectivity index (χ0n) is 21.3. The standard InChI is InChI=1S/C26H37FN4O3S/c1-18(19-10-12-22(21(27)16-19)30-35(5,33)34)25(32)28-17-20-11-13-23(26(2,3)4)29-24(20)31-14-8-6-7-9-15-31/h10-13,16,18,30H,6-9,14-15,17H2,1-5H3,(H,28,32). The van der Waals surface area contributed by atoms with Gasteiger partial charge in [-0.05, 0) is 43.5 Å². The first-order chi connectivity index (χ1) is 16.3. The van der Waals surface area contributed by atoms with E-state index < -0.39 is 21.8 Å². The molecule has 0 saturated carbocycles. The fraction of sp³-hybridized carbons (Fsp3) is 0.538. The molecular weight excluding hydrogens is 467 g/mol. The predicted octanol–water partition coefficient (Wildman–Crippen LogP) is 4.69. The van der Waals surface area contributed by atoms with Crippen molar-refractivity contribution in [2.24, 2.45) is 0 Å². The number of sulfonamides is 1. The number of anilines is 2. The molecule has 1 saturated heterocycles. The average molecular weight is 505 g/mol. The highest BCUT2D eigenvalue weighted by atomic mass is 32.2.